The highest BCUT2D eigenvalue weighted by atomic mass is 16.5. The summed E-state index contributed by atoms with van der Waals surface area (Å²) in [6.07, 6.45) is 0. The molecular formula is C27H31N3O3. The normalized spacial score (nSPS) is 15.5. The Kier molecular flexibility index (Phi) is 7.95. The van der Waals surface area contributed by atoms with Crippen molar-refractivity contribution in [3.63, 3.8) is 0 Å². The predicted molar refractivity (Wildman–Crippen MR) is 131 cm³/mol. The second-order valence-electron chi connectivity index (χ2n) is 8.14. The van der Waals surface area contributed by atoms with Crippen molar-refractivity contribution < 1.29 is 14.3 Å². The standard InChI is InChI=1S/C27H31N3O3/c1-22(30-18-16-29(17-19-30)20-21-32-24-8-4-2-5-9-24)27(31)28-23-12-14-26(15-13-23)33-25-10-6-3-7-11-25/h2-15,22H,16-21H2,1H3,(H,28,31). The van der Waals surface area contributed by atoms with E-state index in [9.17, 15) is 4.79 Å². The molecule has 6 heteroatoms. The van der Waals surface area contributed by atoms with E-state index >= 15 is 0 Å². The molecule has 1 saturated heterocycles. The Morgan fingerprint density at radius 2 is 1.39 bits per heavy atom. The molecule has 0 aromatic heterocycles. The van der Waals surface area contributed by atoms with Gasteiger partial charge >= 0.3 is 0 Å². The molecule has 0 radical (unpaired) electrons. The largest absolute Gasteiger partial charge is 0.492 e. The summed E-state index contributed by atoms with van der Waals surface area (Å²) in [5, 5.41) is 3.02. The molecule has 1 atom stereocenters. The van der Waals surface area contributed by atoms with Crippen LogP contribution in [0.15, 0.2) is 84.9 Å². The number of amides is 1. The van der Waals surface area contributed by atoms with Gasteiger partial charge in [-0.05, 0) is 55.5 Å². The minimum Gasteiger partial charge on any atom is -0.492 e. The summed E-state index contributed by atoms with van der Waals surface area (Å²) >= 11 is 0. The van der Waals surface area contributed by atoms with E-state index in [1.807, 2.05) is 91.9 Å². The molecule has 1 N–H and O–H groups in total. The summed E-state index contributed by atoms with van der Waals surface area (Å²) < 4.78 is 11.6. The molecule has 1 aliphatic rings. The number of benzene rings is 3. The number of carbonyl (C=O) groups is 1. The highest BCUT2D eigenvalue weighted by molar-refractivity contribution is 5.94. The van der Waals surface area contributed by atoms with Crippen molar-refractivity contribution in [2.75, 3.05) is 44.6 Å². The molecule has 172 valence electrons. The lowest BCUT2D eigenvalue weighted by Crippen LogP contribution is -2.53. The van der Waals surface area contributed by atoms with Gasteiger partial charge in [-0.15, -0.1) is 0 Å². The van der Waals surface area contributed by atoms with Crippen molar-refractivity contribution in [1.29, 1.82) is 0 Å². The number of ether oxygens (including phenoxy) is 2. The maximum Gasteiger partial charge on any atom is 0.241 e. The average molecular weight is 446 g/mol. The van der Waals surface area contributed by atoms with Gasteiger partial charge in [0, 0.05) is 38.4 Å². The van der Waals surface area contributed by atoms with Crippen LogP contribution in [0.5, 0.6) is 17.2 Å². The molecule has 1 unspecified atom stereocenters. The highest BCUT2D eigenvalue weighted by Crippen LogP contribution is 2.23. The maximum atomic E-state index is 12.8. The molecule has 3 aromatic carbocycles. The summed E-state index contributed by atoms with van der Waals surface area (Å²) in [6, 6.07) is 26.8. The van der Waals surface area contributed by atoms with Crippen LogP contribution in [0.25, 0.3) is 0 Å². The van der Waals surface area contributed by atoms with Gasteiger partial charge < -0.3 is 14.8 Å². The number of anilines is 1. The van der Waals surface area contributed by atoms with Crippen molar-refractivity contribution in [2.45, 2.75) is 13.0 Å². The van der Waals surface area contributed by atoms with Gasteiger partial charge in [-0.1, -0.05) is 36.4 Å². The van der Waals surface area contributed by atoms with Gasteiger partial charge in [0.05, 0.1) is 6.04 Å². The number of nitrogens with one attached hydrogen (secondary N) is 1. The summed E-state index contributed by atoms with van der Waals surface area (Å²) in [5.41, 5.74) is 0.768. The van der Waals surface area contributed by atoms with Gasteiger partial charge in [0.15, 0.2) is 0 Å². The van der Waals surface area contributed by atoms with Gasteiger partial charge in [-0.25, -0.2) is 0 Å². The third-order valence-electron chi connectivity index (χ3n) is 5.85. The zero-order valence-electron chi connectivity index (χ0n) is 19.0. The van der Waals surface area contributed by atoms with E-state index in [0.29, 0.717) is 6.61 Å². The Labute approximate surface area is 195 Å². The van der Waals surface area contributed by atoms with E-state index in [-0.39, 0.29) is 11.9 Å². The molecule has 0 saturated carbocycles. The first-order valence-electron chi connectivity index (χ1n) is 11.5. The topological polar surface area (TPSA) is 54.0 Å². The van der Waals surface area contributed by atoms with E-state index in [0.717, 1.165) is 55.7 Å². The fourth-order valence-corrected chi connectivity index (χ4v) is 3.83. The minimum atomic E-state index is -0.187. The number of rotatable bonds is 9. The Bertz CT molecular complexity index is 988. The zero-order valence-corrected chi connectivity index (χ0v) is 19.0. The molecule has 1 amide bonds. The van der Waals surface area contributed by atoms with Crippen LogP contribution in [0.2, 0.25) is 0 Å². The molecule has 0 spiro atoms. The first kappa shape index (κ1) is 22.8. The van der Waals surface area contributed by atoms with Crippen LogP contribution in [0.3, 0.4) is 0 Å². The lowest BCUT2D eigenvalue weighted by Gasteiger charge is -2.37. The van der Waals surface area contributed by atoms with Crippen LogP contribution < -0.4 is 14.8 Å². The van der Waals surface area contributed by atoms with Gasteiger partial charge in [0.1, 0.15) is 23.9 Å². The van der Waals surface area contributed by atoms with E-state index in [4.69, 9.17) is 9.47 Å². The highest BCUT2D eigenvalue weighted by Gasteiger charge is 2.25. The quantitative estimate of drug-likeness (QED) is 0.526. The summed E-state index contributed by atoms with van der Waals surface area (Å²) in [6.45, 7) is 7.12. The van der Waals surface area contributed by atoms with Gasteiger partial charge in [-0.2, -0.15) is 0 Å². The first-order chi connectivity index (χ1) is 16.2. The lowest BCUT2D eigenvalue weighted by molar-refractivity contribution is -0.121. The summed E-state index contributed by atoms with van der Waals surface area (Å²) in [5.74, 6) is 2.43. The molecule has 33 heavy (non-hydrogen) atoms. The first-order valence-corrected chi connectivity index (χ1v) is 11.5. The number of carbonyl (C=O) groups excluding carboxylic acids is 1. The Balaban J connectivity index is 1.18. The van der Waals surface area contributed by atoms with Crippen molar-refractivity contribution in [3.8, 4) is 17.2 Å². The van der Waals surface area contributed by atoms with E-state index < -0.39 is 0 Å². The van der Waals surface area contributed by atoms with Crippen LogP contribution in [-0.2, 0) is 4.79 Å². The second kappa shape index (κ2) is 11.5. The molecule has 1 aliphatic heterocycles. The Hall–Kier alpha value is -3.35. The summed E-state index contributed by atoms with van der Waals surface area (Å²) in [4.78, 5) is 17.4. The number of para-hydroxylation sites is 2. The fraction of sp³-hybridized carbons (Fsp3) is 0.296. The van der Waals surface area contributed by atoms with Crippen molar-refractivity contribution in [2.24, 2.45) is 0 Å². The molecule has 1 heterocycles. The Morgan fingerprint density at radius 1 is 0.818 bits per heavy atom. The molecule has 3 aromatic rings. The number of nitrogens with zero attached hydrogens (tertiary/aromatic N) is 2. The fourth-order valence-electron chi connectivity index (χ4n) is 3.83. The monoisotopic (exact) mass is 445 g/mol. The second-order valence-corrected chi connectivity index (χ2v) is 8.14. The van der Waals surface area contributed by atoms with Gasteiger partial charge in [0.25, 0.3) is 0 Å². The lowest BCUT2D eigenvalue weighted by atomic mass is 10.2. The minimum absolute atomic E-state index is 0.00703. The van der Waals surface area contributed by atoms with Crippen molar-refractivity contribution >= 4 is 11.6 Å². The number of piperazine rings is 1. The smallest absolute Gasteiger partial charge is 0.241 e. The van der Waals surface area contributed by atoms with Crippen LogP contribution >= 0.6 is 0 Å². The molecule has 0 aliphatic carbocycles. The van der Waals surface area contributed by atoms with E-state index in [1.54, 1.807) is 0 Å². The van der Waals surface area contributed by atoms with Crippen LogP contribution in [0.1, 0.15) is 6.92 Å². The van der Waals surface area contributed by atoms with Crippen LogP contribution in [0.4, 0.5) is 5.69 Å². The molecule has 1 fully saturated rings. The SMILES string of the molecule is CC(C(=O)Nc1ccc(Oc2ccccc2)cc1)N1CCN(CCOc2ccccc2)CC1. The third-order valence-corrected chi connectivity index (χ3v) is 5.85. The van der Waals surface area contributed by atoms with E-state index in [2.05, 4.69) is 15.1 Å². The number of hydrogen-bond acceptors (Lipinski definition) is 5. The summed E-state index contributed by atoms with van der Waals surface area (Å²) in [7, 11) is 0. The van der Waals surface area contributed by atoms with Gasteiger partial charge in [-0.3, -0.25) is 14.6 Å². The molecule has 4 rings (SSSR count). The van der Waals surface area contributed by atoms with Crippen molar-refractivity contribution in [1.82, 2.24) is 9.80 Å². The van der Waals surface area contributed by atoms with Crippen LogP contribution in [0, 0.1) is 0 Å². The number of hydrogen-bond donors (Lipinski definition) is 1. The zero-order chi connectivity index (χ0) is 22.9. The third kappa shape index (κ3) is 6.81. The molecule has 0 bridgehead atoms. The average Bonchev–Trinajstić information content (AvgIpc) is 2.86. The predicted octanol–water partition coefficient (Wildman–Crippen LogP) is 4.50. The van der Waals surface area contributed by atoms with Gasteiger partial charge in [0.2, 0.25) is 5.91 Å². The Morgan fingerprint density at radius 3 is 2.03 bits per heavy atom. The molecular weight excluding hydrogens is 414 g/mol. The van der Waals surface area contributed by atoms with Crippen LogP contribution in [-0.4, -0.2) is 61.1 Å². The van der Waals surface area contributed by atoms with E-state index in [1.165, 1.54) is 0 Å². The van der Waals surface area contributed by atoms with Crippen molar-refractivity contribution in [3.05, 3.63) is 84.9 Å². The maximum absolute atomic E-state index is 12.8. The molecule has 6 nitrogen and oxygen atoms in total.